The fourth-order valence-corrected chi connectivity index (χ4v) is 1.99. The van der Waals surface area contributed by atoms with Crippen LogP contribution >= 0.6 is 0 Å². The second kappa shape index (κ2) is 6.75. The Morgan fingerprint density at radius 3 is 2.42 bits per heavy atom. The van der Waals surface area contributed by atoms with Gasteiger partial charge in [0.05, 0.1) is 6.10 Å². The average molecular weight is 272 g/mol. The van der Waals surface area contributed by atoms with Crippen LogP contribution < -0.4 is 10.6 Å². The van der Waals surface area contributed by atoms with Gasteiger partial charge in [-0.15, -0.1) is 0 Å². The maximum atomic E-state index is 11.8. The Labute approximate surface area is 113 Å². The maximum Gasteiger partial charge on any atom is 0.332 e. The van der Waals surface area contributed by atoms with Gasteiger partial charge in [-0.1, -0.05) is 13.8 Å². The lowest BCUT2D eigenvalue weighted by atomic mass is 9.96. The highest BCUT2D eigenvalue weighted by atomic mass is 16.5. The molecule has 2 atom stereocenters. The second-order valence-electron chi connectivity index (χ2n) is 5.27. The number of carboxylic acid groups (broad SMARTS) is 1. The number of carboxylic acids is 1. The van der Waals surface area contributed by atoms with Crippen molar-refractivity contribution in [1.29, 1.82) is 0 Å². The smallest absolute Gasteiger partial charge is 0.332 e. The molecule has 1 aliphatic rings. The van der Waals surface area contributed by atoms with E-state index < -0.39 is 12.1 Å². The van der Waals surface area contributed by atoms with Crippen LogP contribution in [0.2, 0.25) is 0 Å². The molecule has 2 unspecified atom stereocenters. The molecular formula is C13H24N2O4. The molecule has 1 fully saturated rings. The Hall–Kier alpha value is -1.30. The number of hydrogen-bond acceptors (Lipinski definition) is 3. The first kappa shape index (κ1) is 15.8. The Bertz CT molecular complexity index is 329. The van der Waals surface area contributed by atoms with Crippen LogP contribution in [-0.2, 0) is 9.53 Å². The molecule has 0 aromatic rings. The third kappa shape index (κ3) is 4.70. The van der Waals surface area contributed by atoms with Gasteiger partial charge in [-0.2, -0.15) is 0 Å². The zero-order valence-corrected chi connectivity index (χ0v) is 11.9. The van der Waals surface area contributed by atoms with Gasteiger partial charge in [0, 0.05) is 12.1 Å². The third-order valence-corrected chi connectivity index (χ3v) is 3.85. The lowest BCUT2D eigenvalue weighted by molar-refractivity contribution is -0.149. The number of hydrogen-bond donors (Lipinski definition) is 3. The molecule has 0 aromatic heterocycles. The summed E-state index contributed by atoms with van der Waals surface area (Å²) in [4.78, 5) is 22.5. The normalized spacial score (nSPS) is 23.1. The van der Waals surface area contributed by atoms with Gasteiger partial charge in [-0.05, 0) is 32.6 Å². The van der Waals surface area contributed by atoms with Crippen LogP contribution in [0.25, 0.3) is 0 Å². The second-order valence-corrected chi connectivity index (χ2v) is 5.27. The van der Waals surface area contributed by atoms with E-state index in [0.29, 0.717) is 19.4 Å². The molecule has 2 amide bonds. The minimum absolute atomic E-state index is 0.204. The predicted octanol–water partition coefficient (Wildman–Crippen LogP) is 1.50. The van der Waals surface area contributed by atoms with Gasteiger partial charge in [-0.25, -0.2) is 9.59 Å². The number of aliphatic carboxylic acids is 1. The van der Waals surface area contributed by atoms with Crippen molar-refractivity contribution < 1.29 is 19.4 Å². The van der Waals surface area contributed by atoms with Gasteiger partial charge in [0.2, 0.25) is 0 Å². The van der Waals surface area contributed by atoms with E-state index in [1.165, 1.54) is 0 Å². The molecule has 110 valence electrons. The standard InChI is InChI=1S/C13H24N2O4/c1-4-13(3,5-2)15-12(18)14-8-9-6-7-10(19-9)11(16)17/h9-10H,4-8H2,1-3H3,(H,16,17)(H2,14,15,18). The minimum atomic E-state index is -0.934. The molecular weight excluding hydrogens is 248 g/mol. The SMILES string of the molecule is CCC(C)(CC)NC(=O)NCC1CCC(C(=O)O)O1. The van der Waals surface area contributed by atoms with Crippen molar-refractivity contribution in [3.8, 4) is 0 Å². The van der Waals surface area contributed by atoms with Gasteiger partial charge in [0.25, 0.3) is 0 Å². The Balaban J connectivity index is 2.30. The highest BCUT2D eigenvalue weighted by Crippen LogP contribution is 2.19. The highest BCUT2D eigenvalue weighted by Gasteiger charge is 2.30. The van der Waals surface area contributed by atoms with Gasteiger partial charge in [-0.3, -0.25) is 0 Å². The fraction of sp³-hybridized carbons (Fsp3) is 0.846. The largest absolute Gasteiger partial charge is 0.479 e. The van der Waals surface area contributed by atoms with E-state index in [4.69, 9.17) is 9.84 Å². The van der Waals surface area contributed by atoms with Crippen LogP contribution in [0.4, 0.5) is 4.79 Å². The first-order valence-corrected chi connectivity index (χ1v) is 6.84. The van der Waals surface area contributed by atoms with Crippen molar-refractivity contribution in [2.24, 2.45) is 0 Å². The molecule has 6 heteroatoms. The van der Waals surface area contributed by atoms with E-state index in [0.717, 1.165) is 12.8 Å². The molecule has 0 saturated carbocycles. The molecule has 0 spiro atoms. The molecule has 0 aliphatic carbocycles. The minimum Gasteiger partial charge on any atom is -0.479 e. The van der Waals surface area contributed by atoms with E-state index in [-0.39, 0.29) is 17.7 Å². The van der Waals surface area contributed by atoms with E-state index in [9.17, 15) is 9.59 Å². The summed E-state index contributed by atoms with van der Waals surface area (Å²) in [7, 11) is 0. The van der Waals surface area contributed by atoms with Crippen molar-refractivity contribution in [3.63, 3.8) is 0 Å². The predicted molar refractivity (Wildman–Crippen MR) is 71.1 cm³/mol. The van der Waals surface area contributed by atoms with Crippen LogP contribution in [0, 0.1) is 0 Å². The maximum absolute atomic E-state index is 11.8. The molecule has 3 N–H and O–H groups in total. The topological polar surface area (TPSA) is 87.7 Å². The molecule has 1 aliphatic heterocycles. The van der Waals surface area contributed by atoms with Gasteiger partial charge in [0.15, 0.2) is 6.10 Å². The highest BCUT2D eigenvalue weighted by molar-refractivity contribution is 5.75. The summed E-state index contributed by atoms with van der Waals surface area (Å²) in [6.45, 7) is 6.40. The Morgan fingerprint density at radius 1 is 1.32 bits per heavy atom. The van der Waals surface area contributed by atoms with E-state index in [1.54, 1.807) is 0 Å². The molecule has 0 bridgehead atoms. The van der Waals surface area contributed by atoms with Crippen molar-refractivity contribution in [1.82, 2.24) is 10.6 Å². The number of rotatable bonds is 6. The van der Waals surface area contributed by atoms with Crippen LogP contribution in [0.1, 0.15) is 46.5 Å². The third-order valence-electron chi connectivity index (χ3n) is 3.85. The van der Waals surface area contributed by atoms with Crippen molar-refractivity contribution in [2.45, 2.75) is 64.2 Å². The van der Waals surface area contributed by atoms with Crippen LogP contribution in [0.3, 0.4) is 0 Å². The molecule has 19 heavy (non-hydrogen) atoms. The molecule has 1 heterocycles. The lowest BCUT2D eigenvalue weighted by Crippen LogP contribution is -2.50. The lowest BCUT2D eigenvalue weighted by Gasteiger charge is -2.28. The molecule has 1 rings (SSSR count). The van der Waals surface area contributed by atoms with Crippen molar-refractivity contribution in [3.05, 3.63) is 0 Å². The van der Waals surface area contributed by atoms with E-state index in [1.807, 2.05) is 20.8 Å². The van der Waals surface area contributed by atoms with Crippen molar-refractivity contribution >= 4 is 12.0 Å². The van der Waals surface area contributed by atoms with Crippen molar-refractivity contribution in [2.75, 3.05) is 6.54 Å². The Kier molecular flexibility index (Phi) is 5.60. The van der Waals surface area contributed by atoms with Gasteiger partial charge >= 0.3 is 12.0 Å². The van der Waals surface area contributed by atoms with Gasteiger partial charge in [0.1, 0.15) is 0 Å². The van der Waals surface area contributed by atoms with Crippen LogP contribution in [-0.4, -0.2) is 41.4 Å². The summed E-state index contributed by atoms with van der Waals surface area (Å²) in [5, 5.41) is 14.5. The number of carbonyl (C=O) groups excluding carboxylic acids is 1. The summed E-state index contributed by atoms with van der Waals surface area (Å²) < 4.78 is 5.31. The number of urea groups is 1. The molecule has 6 nitrogen and oxygen atoms in total. The summed E-state index contributed by atoms with van der Waals surface area (Å²) in [5.41, 5.74) is -0.204. The number of amides is 2. The van der Waals surface area contributed by atoms with Crippen LogP contribution in [0.15, 0.2) is 0 Å². The van der Waals surface area contributed by atoms with Crippen LogP contribution in [0.5, 0.6) is 0 Å². The quantitative estimate of drug-likeness (QED) is 0.683. The molecule has 0 aromatic carbocycles. The zero-order chi connectivity index (χ0) is 14.5. The molecule has 0 radical (unpaired) electrons. The molecule has 1 saturated heterocycles. The monoisotopic (exact) mass is 272 g/mol. The fourth-order valence-electron chi connectivity index (χ4n) is 1.99. The Morgan fingerprint density at radius 2 is 1.95 bits per heavy atom. The first-order chi connectivity index (χ1) is 8.90. The van der Waals surface area contributed by atoms with Gasteiger partial charge < -0.3 is 20.5 Å². The number of nitrogens with one attached hydrogen (secondary N) is 2. The van der Waals surface area contributed by atoms with E-state index >= 15 is 0 Å². The average Bonchev–Trinajstić information content (AvgIpc) is 2.85. The summed E-state index contributed by atoms with van der Waals surface area (Å²) in [5.74, 6) is -0.934. The number of carbonyl (C=O) groups is 2. The summed E-state index contributed by atoms with van der Waals surface area (Å²) >= 11 is 0. The zero-order valence-electron chi connectivity index (χ0n) is 11.9. The summed E-state index contributed by atoms with van der Waals surface area (Å²) in [6.07, 6.45) is 1.95. The number of ether oxygens (including phenoxy) is 1. The summed E-state index contributed by atoms with van der Waals surface area (Å²) in [6, 6.07) is -0.228. The van der Waals surface area contributed by atoms with E-state index in [2.05, 4.69) is 10.6 Å². The first-order valence-electron chi connectivity index (χ1n) is 6.84.